The summed E-state index contributed by atoms with van der Waals surface area (Å²) in [7, 11) is -3.65. The normalized spacial score (nSPS) is 15.6. The number of benzene rings is 1. The first kappa shape index (κ1) is 19.1. The highest BCUT2D eigenvalue weighted by molar-refractivity contribution is 7.89. The fourth-order valence-corrected chi connectivity index (χ4v) is 3.49. The van der Waals surface area contributed by atoms with E-state index in [4.69, 9.17) is 4.74 Å². The molecule has 25 heavy (non-hydrogen) atoms. The number of carbonyl (C=O) groups is 2. The highest BCUT2D eigenvalue weighted by atomic mass is 32.2. The molecule has 8 heteroatoms. The number of nitrogens with zero attached hydrogens (tertiary/aromatic N) is 1. The van der Waals surface area contributed by atoms with Crippen LogP contribution in [0.3, 0.4) is 0 Å². The van der Waals surface area contributed by atoms with Crippen LogP contribution in [0.4, 0.5) is 0 Å². The topological polar surface area (TPSA) is 92.8 Å². The minimum absolute atomic E-state index is 0.0343. The van der Waals surface area contributed by atoms with Gasteiger partial charge in [0.2, 0.25) is 10.0 Å². The molecule has 0 bridgehead atoms. The van der Waals surface area contributed by atoms with Crippen LogP contribution < -0.4 is 4.72 Å². The predicted molar refractivity (Wildman–Crippen MR) is 92.5 cm³/mol. The first-order valence-electron chi connectivity index (χ1n) is 8.05. The smallest absolute Gasteiger partial charge is 0.338 e. The third kappa shape index (κ3) is 4.90. The summed E-state index contributed by atoms with van der Waals surface area (Å²) in [6.45, 7) is 6.47. The summed E-state index contributed by atoms with van der Waals surface area (Å²) in [6.07, 6.45) is 2.48. The van der Waals surface area contributed by atoms with E-state index in [9.17, 15) is 18.0 Å². The van der Waals surface area contributed by atoms with Crippen molar-refractivity contribution in [1.29, 1.82) is 0 Å². The van der Waals surface area contributed by atoms with Crippen molar-refractivity contribution in [3.63, 3.8) is 0 Å². The van der Waals surface area contributed by atoms with Gasteiger partial charge in [0, 0.05) is 19.6 Å². The first-order valence-corrected chi connectivity index (χ1v) is 9.54. The van der Waals surface area contributed by atoms with Crippen LogP contribution in [0.1, 0.15) is 30.1 Å². The van der Waals surface area contributed by atoms with Crippen LogP contribution >= 0.6 is 0 Å². The van der Waals surface area contributed by atoms with E-state index in [1.807, 2.05) is 0 Å². The number of nitrogens with one attached hydrogen (secondary N) is 1. The average Bonchev–Trinajstić information content (AvgIpc) is 3.14. The second kappa shape index (κ2) is 8.26. The largest absolute Gasteiger partial charge is 0.449 e. The summed E-state index contributed by atoms with van der Waals surface area (Å²) in [5, 5.41) is 0. The lowest BCUT2D eigenvalue weighted by Crippen LogP contribution is -2.38. The summed E-state index contributed by atoms with van der Waals surface area (Å²) in [5.41, 5.74) is 0.184. The molecule has 7 nitrogen and oxygen atoms in total. The number of likely N-dealkylation sites (tertiary alicyclic amines) is 1. The minimum atomic E-state index is -3.65. The van der Waals surface area contributed by atoms with Crippen LogP contribution in [0.25, 0.3) is 0 Å². The van der Waals surface area contributed by atoms with Crippen LogP contribution in [0.2, 0.25) is 0 Å². The van der Waals surface area contributed by atoms with Crippen molar-refractivity contribution < 1.29 is 22.7 Å². The zero-order valence-corrected chi connectivity index (χ0v) is 14.9. The van der Waals surface area contributed by atoms with Crippen molar-refractivity contribution in [3.05, 3.63) is 42.5 Å². The van der Waals surface area contributed by atoms with Crippen molar-refractivity contribution in [3.8, 4) is 0 Å². The average molecular weight is 366 g/mol. The number of ether oxygens (including phenoxy) is 1. The Morgan fingerprint density at radius 1 is 1.28 bits per heavy atom. The van der Waals surface area contributed by atoms with Crippen LogP contribution in [-0.2, 0) is 19.6 Å². The Morgan fingerprint density at radius 2 is 1.88 bits per heavy atom. The van der Waals surface area contributed by atoms with Crippen molar-refractivity contribution in [2.24, 2.45) is 0 Å². The van der Waals surface area contributed by atoms with Gasteiger partial charge in [0.1, 0.15) is 0 Å². The fraction of sp³-hybridized carbons (Fsp3) is 0.412. The van der Waals surface area contributed by atoms with Crippen LogP contribution in [0, 0.1) is 0 Å². The maximum Gasteiger partial charge on any atom is 0.338 e. The van der Waals surface area contributed by atoms with Gasteiger partial charge in [-0.2, -0.15) is 0 Å². The number of hydrogen-bond donors (Lipinski definition) is 1. The number of amides is 1. The molecule has 0 aromatic heterocycles. The predicted octanol–water partition coefficient (Wildman–Crippen LogP) is 1.32. The van der Waals surface area contributed by atoms with Gasteiger partial charge in [-0.15, -0.1) is 6.58 Å². The molecule has 1 saturated heterocycles. The van der Waals surface area contributed by atoms with Crippen molar-refractivity contribution in [2.45, 2.75) is 30.8 Å². The second-order valence-electron chi connectivity index (χ2n) is 5.74. The molecule has 136 valence electrons. The molecule has 1 amide bonds. The molecule has 1 aromatic carbocycles. The molecule has 1 N–H and O–H groups in total. The van der Waals surface area contributed by atoms with Gasteiger partial charge in [0.15, 0.2) is 6.10 Å². The maximum absolute atomic E-state index is 12.2. The lowest BCUT2D eigenvalue weighted by molar-refractivity contribution is -0.138. The van der Waals surface area contributed by atoms with Crippen LogP contribution in [0.5, 0.6) is 0 Å². The first-order chi connectivity index (χ1) is 11.8. The Balaban J connectivity index is 2.00. The molecule has 1 aliphatic rings. The molecule has 1 aromatic rings. The van der Waals surface area contributed by atoms with Crippen molar-refractivity contribution in [2.75, 3.05) is 19.6 Å². The van der Waals surface area contributed by atoms with Gasteiger partial charge >= 0.3 is 5.97 Å². The molecule has 1 heterocycles. The van der Waals surface area contributed by atoms with E-state index in [0.717, 1.165) is 12.8 Å². The van der Waals surface area contributed by atoms with Gasteiger partial charge in [-0.1, -0.05) is 6.08 Å². The van der Waals surface area contributed by atoms with Crippen molar-refractivity contribution in [1.82, 2.24) is 9.62 Å². The Labute approximate surface area is 147 Å². The van der Waals surface area contributed by atoms with Crippen LogP contribution in [0.15, 0.2) is 41.8 Å². The molecular formula is C17H22N2O5S. The Hall–Kier alpha value is -2.19. The summed E-state index contributed by atoms with van der Waals surface area (Å²) < 4.78 is 31.5. The van der Waals surface area contributed by atoms with E-state index in [-0.39, 0.29) is 22.9 Å². The van der Waals surface area contributed by atoms with Gasteiger partial charge in [0.25, 0.3) is 5.91 Å². The Morgan fingerprint density at radius 3 is 2.44 bits per heavy atom. The summed E-state index contributed by atoms with van der Waals surface area (Å²) in [6, 6.07) is 5.35. The van der Waals surface area contributed by atoms with Gasteiger partial charge < -0.3 is 9.64 Å². The van der Waals surface area contributed by atoms with Gasteiger partial charge in [0.05, 0.1) is 10.5 Å². The van der Waals surface area contributed by atoms with E-state index < -0.39 is 22.1 Å². The molecule has 0 radical (unpaired) electrons. The zero-order chi connectivity index (χ0) is 18.4. The molecule has 1 fully saturated rings. The molecule has 1 unspecified atom stereocenters. The van der Waals surface area contributed by atoms with E-state index >= 15 is 0 Å². The molecule has 0 aliphatic carbocycles. The lowest BCUT2D eigenvalue weighted by Gasteiger charge is -2.20. The molecule has 2 rings (SSSR count). The SMILES string of the molecule is C=CCNS(=O)(=O)c1ccc(C(=O)OC(C)C(=O)N2CCCC2)cc1. The maximum atomic E-state index is 12.2. The highest BCUT2D eigenvalue weighted by Crippen LogP contribution is 2.14. The van der Waals surface area contributed by atoms with Gasteiger partial charge in [-0.05, 0) is 44.0 Å². The summed E-state index contributed by atoms with van der Waals surface area (Å²) in [4.78, 5) is 26.0. The number of hydrogen-bond acceptors (Lipinski definition) is 5. The summed E-state index contributed by atoms with van der Waals surface area (Å²) >= 11 is 0. The quantitative estimate of drug-likeness (QED) is 0.580. The lowest BCUT2D eigenvalue weighted by atomic mass is 10.2. The molecule has 0 spiro atoms. The molecule has 0 saturated carbocycles. The molecular weight excluding hydrogens is 344 g/mol. The minimum Gasteiger partial charge on any atom is -0.449 e. The number of sulfonamides is 1. The molecule has 1 atom stereocenters. The number of esters is 1. The van der Waals surface area contributed by atoms with E-state index in [2.05, 4.69) is 11.3 Å². The monoisotopic (exact) mass is 366 g/mol. The van der Waals surface area contributed by atoms with Crippen molar-refractivity contribution >= 4 is 21.9 Å². The highest BCUT2D eigenvalue weighted by Gasteiger charge is 2.26. The Kier molecular flexibility index (Phi) is 6.33. The van der Waals surface area contributed by atoms with Gasteiger partial charge in [-0.25, -0.2) is 17.9 Å². The standard InChI is InChI=1S/C17H22N2O5S/c1-3-10-18-25(22,23)15-8-6-14(7-9-15)17(21)24-13(2)16(20)19-11-4-5-12-19/h3,6-9,13,18H,1,4-5,10-12H2,2H3. The van der Waals surface area contributed by atoms with E-state index in [0.29, 0.717) is 13.1 Å². The number of carbonyl (C=O) groups excluding carboxylic acids is 2. The summed E-state index contributed by atoms with van der Waals surface area (Å²) in [5.74, 6) is -0.873. The zero-order valence-electron chi connectivity index (χ0n) is 14.1. The third-order valence-electron chi connectivity index (χ3n) is 3.87. The van der Waals surface area contributed by atoms with Gasteiger partial charge in [-0.3, -0.25) is 4.79 Å². The molecule has 1 aliphatic heterocycles. The number of rotatable bonds is 7. The van der Waals surface area contributed by atoms with Crippen LogP contribution in [-0.4, -0.2) is 50.9 Å². The Bertz CT molecular complexity index is 737. The van der Waals surface area contributed by atoms with E-state index in [1.165, 1.54) is 37.3 Å². The third-order valence-corrected chi connectivity index (χ3v) is 5.31. The van der Waals surface area contributed by atoms with E-state index in [1.54, 1.807) is 4.90 Å². The fourth-order valence-electron chi connectivity index (χ4n) is 2.50. The second-order valence-corrected chi connectivity index (χ2v) is 7.51.